The van der Waals surface area contributed by atoms with Gasteiger partial charge in [-0.25, -0.2) is 0 Å². The van der Waals surface area contributed by atoms with Crippen LogP contribution in [0.2, 0.25) is 0 Å². The zero-order valence-corrected chi connectivity index (χ0v) is 18.4. The van der Waals surface area contributed by atoms with Crippen LogP contribution in [0.15, 0.2) is 48.5 Å². The number of thioether (sulfide) groups is 1. The molecule has 4 rings (SSSR count). The SMILES string of the molecule is CCc1ccccc1N1C(=O)CS[C@H]1c1cccc(NC(=O)CCC2CCCC2)c1. The van der Waals surface area contributed by atoms with Gasteiger partial charge in [0.05, 0.1) is 5.75 Å². The zero-order chi connectivity index (χ0) is 20.9. The average Bonchev–Trinajstić information content (AvgIpc) is 3.42. The van der Waals surface area contributed by atoms with Crippen molar-refractivity contribution in [1.29, 1.82) is 0 Å². The Morgan fingerprint density at radius 1 is 1.13 bits per heavy atom. The Balaban J connectivity index is 1.48. The monoisotopic (exact) mass is 422 g/mol. The minimum absolute atomic E-state index is 0.0689. The Kier molecular flexibility index (Phi) is 6.78. The third-order valence-electron chi connectivity index (χ3n) is 6.21. The summed E-state index contributed by atoms with van der Waals surface area (Å²) in [6.07, 6.45) is 7.61. The van der Waals surface area contributed by atoms with Gasteiger partial charge in [0.15, 0.2) is 0 Å². The summed E-state index contributed by atoms with van der Waals surface area (Å²) >= 11 is 1.64. The van der Waals surface area contributed by atoms with Crippen molar-refractivity contribution < 1.29 is 9.59 Å². The van der Waals surface area contributed by atoms with Crippen molar-refractivity contribution in [3.8, 4) is 0 Å². The summed E-state index contributed by atoms with van der Waals surface area (Å²) in [5.41, 5.74) is 4.03. The molecule has 0 spiro atoms. The molecule has 2 aromatic carbocycles. The number of carbonyl (C=O) groups is 2. The molecule has 158 valence electrons. The maximum absolute atomic E-state index is 12.7. The van der Waals surface area contributed by atoms with Crippen LogP contribution in [0, 0.1) is 5.92 Å². The van der Waals surface area contributed by atoms with Crippen molar-refractivity contribution in [3.05, 3.63) is 59.7 Å². The molecule has 2 aromatic rings. The maximum atomic E-state index is 12.7. The van der Waals surface area contributed by atoms with Crippen LogP contribution in [-0.4, -0.2) is 17.6 Å². The number of para-hydroxylation sites is 1. The van der Waals surface area contributed by atoms with E-state index in [1.807, 2.05) is 47.4 Å². The first kappa shape index (κ1) is 21.0. The van der Waals surface area contributed by atoms with Gasteiger partial charge in [0.1, 0.15) is 5.37 Å². The topological polar surface area (TPSA) is 49.4 Å². The molecule has 1 heterocycles. The second kappa shape index (κ2) is 9.69. The first-order valence-corrected chi connectivity index (χ1v) is 12.1. The normalized spacial score (nSPS) is 19.4. The van der Waals surface area contributed by atoms with Gasteiger partial charge in [-0.3, -0.25) is 14.5 Å². The summed E-state index contributed by atoms with van der Waals surface area (Å²) in [5, 5.41) is 3.00. The fourth-order valence-corrected chi connectivity index (χ4v) is 5.76. The number of aryl methyl sites for hydroxylation is 1. The van der Waals surface area contributed by atoms with Crippen LogP contribution in [0.25, 0.3) is 0 Å². The van der Waals surface area contributed by atoms with Gasteiger partial charge in [0.2, 0.25) is 11.8 Å². The molecule has 0 radical (unpaired) electrons. The van der Waals surface area contributed by atoms with Crippen LogP contribution in [-0.2, 0) is 16.0 Å². The van der Waals surface area contributed by atoms with E-state index >= 15 is 0 Å². The Bertz CT molecular complexity index is 908. The highest BCUT2D eigenvalue weighted by molar-refractivity contribution is 8.00. The van der Waals surface area contributed by atoms with Gasteiger partial charge < -0.3 is 5.32 Å². The molecule has 5 heteroatoms. The fourth-order valence-electron chi connectivity index (χ4n) is 4.60. The number of hydrogen-bond donors (Lipinski definition) is 1. The van der Waals surface area contributed by atoms with E-state index in [0.717, 1.165) is 35.7 Å². The Morgan fingerprint density at radius 3 is 2.73 bits per heavy atom. The molecule has 0 bridgehead atoms. The summed E-state index contributed by atoms with van der Waals surface area (Å²) in [4.78, 5) is 27.1. The highest BCUT2D eigenvalue weighted by Gasteiger charge is 2.35. The second-order valence-electron chi connectivity index (χ2n) is 8.27. The van der Waals surface area contributed by atoms with E-state index in [2.05, 4.69) is 18.3 Å². The van der Waals surface area contributed by atoms with Gasteiger partial charge in [-0.15, -0.1) is 11.8 Å². The van der Waals surface area contributed by atoms with Gasteiger partial charge in [-0.2, -0.15) is 0 Å². The Morgan fingerprint density at radius 2 is 1.93 bits per heavy atom. The van der Waals surface area contributed by atoms with Crippen molar-refractivity contribution in [2.24, 2.45) is 5.92 Å². The summed E-state index contributed by atoms with van der Waals surface area (Å²) in [6, 6.07) is 16.1. The van der Waals surface area contributed by atoms with Gasteiger partial charge >= 0.3 is 0 Å². The van der Waals surface area contributed by atoms with E-state index in [1.165, 1.54) is 31.2 Å². The molecule has 2 amide bonds. The first-order chi connectivity index (χ1) is 14.7. The predicted octanol–water partition coefficient (Wildman–Crippen LogP) is 5.94. The van der Waals surface area contributed by atoms with Crippen LogP contribution in [0.1, 0.15) is 61.9 Å². The van der Waals surface area contributed by atoms with Crippen molar-refractivity contribution in [3.63, 3.8) is 0 Å². The van der Waals surface area contributed by atoms with Crippen molar-refractivity contribution in [1.82, 2.24) is 0 Å². The van der Waals surface area contributed by atoms with E-state index < -0.39 is 0 Å². The van der Waals surface area contributed by atoms with Crippen molar-refractivity contribution in [2.45, 2.75) is 57.2 Å². The predicted molar refractivity (Wildman–Crippen MR) is 125 cm³/mol. The summed E-state index contributed by atoms with van der Waals surface area (Å²) in [5.74, 6) is 1.41. The number of rotatable bonds is 7. The largest absolute Gasteiger partial charge is 0.326 e. The molecule has 1 aliphatic carbocycles. The lowest BCUT2D eigenvalue weighted by atomic mass is 10.0. The smallest absolute Gasteiger partial charge is 0.238 e. The van der Waals surface area contributed by atoms with Crippen molar-refractivity contribution in [2.75, 3.05) is 16.0 Å². The second-order valence-corrected chi connectivity index (χ2v) is 9.34. The molecular formula is C25H30N2O2S. The standard InChI is InChI=1S/C25H30N2O2S/c1-2-19-10-5-6-13-22(19)27-24(29)17-30-25(27)20-11-7-12-21(16-20)26-23(28)15-14-18-8-3-4-9-18/h5-7,10-13,16,18,25H,2-4,8-9,14-15,17H2,1H3,(H,26,28)/t25-/m0/s1. The molecule has 2 fully saturated rings. The van der Waals surface area contributed by atoms with Crippen LogP contribution in [0.3, 0.4) is 0 Å². The maximum Gasteiger partial charge on any atom is 0.238 e. The van der Waals surface area contributed by atoms with E-state index in [9.17, 15) is 9.59 Å². The van der Waals surface area contributed by atoms with E-state index in [0.29, 0.717) is 12.2 Å². The average molecular weight is 423 g/mol. The summed E-state index contributed by atoms with van der Waals surface area (Å²) in [7, 11) is 0. The minimum atomic E-state index is -0.0689. The number of anilines is 2. The lowest BCUT2D eigenvalue weighted by Crippen LogP contribution is -2.28. The highest BCUT2D eigenvalue weighted by atomic mass is 32.2. The molecule has 0 unspecified atom stereocenters. The molecule has 0 aromatic heterocycles. The van der Waals surface area contributed by atoms with Crippen LogP contribution in [0.4, 0.5) is 11.4 Å². The Labute approximate surface area is 183 Å². The van der Waals surface area contributed by atoms with Crippen LogP contribution in [0.5, 0.6) is 0 Å². The molecule has 1 aliphatic heterocycles. The third-order valence-corrected chi connectivity index (χ3v) is 7.42. The van der Waals surface area contributed by atoms with Gasteiger partial charge in [0, 0.05) is 17.8 Å². The third kappa shape index (κ3) is 4.72. The van der Waals surface area contributed by atoms with Crippen LogP contribution >= 0.6 is 11.8 Å². The molecule has 4 nitrogen and oxygen atoms in total. The van der Waals surface area contributed by atoms with Crippen LogP contribution < -0.4 is 10.2 Å². The van der Waals surface area contributed by atoms with Gasteiger partial charge in [-0.1, -0.05) is 62.9 Å². The summed E-state index contributed by atoms with van der Waals surface area (Å²) in [6.45, 7) is 2.11. The van der Waals surface area contributed by atoms with E-state index in [4.69, 9.17) is 0 Å². The van der Waals surface area contributed by atoms with Gasteiger partial charge in [0.25, 0.3) is 0 Å². The number of hydrogen-bond acceptors (Lipinski definition) is 3. The number of nitrogens with zero attached hydrogens (tertiary/aromatic N) is 1. The highest BCUT2D eigenvalue weighted by Crippen LogP contribution is 2.43. The molecule has 30 heavy (non-hydrogen) atoms. The minimum Gasteiger partial charge on any atom is -0.326 e. The summed E-state index contributed by atoms with van der Waals surface area (Å²) < 4.78 is 0. The lowest BCUT2D eigenvalue weighted by molar-refractivity contribution is -0.117. The number of carbonyl (C=O) groups excluding carboxylic acids is 2. The van der Waals surface area contributed by atoms with E-state index in [-0.39, 0.29) is 17.2 Å². The molecule has 1 saturated carbocycles. The number of amides is 2. The lowest BCUT2D eigenvalue weighted by Gasteiger charge is -2.26. The molecule has 1 atom stereocenters. The molecule has 2 aliphatic rings. The fraction of sp³-hybridized carbons (Fsp3) is 0.440. The molecule has 1 saturated heterocycles. The quantitative estimate of drug-likeness (QED) is 0.601. The number of nitrogens with one attached hydrogen (secondary N) is 1. The van der Waals surface area contributed by atoms with Gasteiger partial charge in [-0.05, 0) is 48.1 Å². The molecular weight excluding hydrogens is 392 g/mol. The first-order valence-electron chi connectivity index (χ1n) is 11.1. The zero-order valence-electron chi connectivity index (χ0n) is 17.6. The Hall–Kier alpha value is -2.27. The molecule has 1 N–H and O–H groups in total. The number of benzene rings is 2. The van der Waals surface area contributed by atoms with E-state index in [1.54, 1.807) is 11.8 Å². The van der Waals surface area contributed by atoms with Crippen molar-refractivity contribution >= 4 is 35.0 Å².